The molecule has 0 amide bonds. The molecule has 5 aliphatic rings. The molecule has 6 nitrogen and oxygen atoms in total. The first kappa shape index (κ1) is 12.6. The van der Waals surface area contributed by atoms with Gasteiger partial charge in [-0.2, -0.15) is 0 Å². The predicted molar refractivity (Wildman–Crippen MR) is 67.8 cm³/mol. The van der Waals surface area contributed by atoms with Crippen molar-refractivity contribution in [3.8, 4) is 0 Å². The van der Waals surface area contributed by atoms with E-state index in [-0.39, 0.29) is 12.0 Å². The van der Waals surface area contributed by atoms with Crippen LogP contribution in [-0.4, -0.2) is 52.5 Å². The number of epoxide rings is 1. The summed E-state index contributed by atoms with van der Waals surface area (Å²) in [5, 5.41) is 22.7. The minimum absolute atomic E-state index is 0.122. The van der Waals surface area contributed by atoms with Crippen LogP contribution in [0.15, 0.2) is 12.2 Å². The fraction of sp³-hybridized carbons (Fsp3) is 0.800. The maximum absolute atomic E-state index is 12.4. The van der Waals surface area contributed by atoms with E-state index in [0.717, 1.165) is 0 Å². The molecule has 5 fully saturated rings. The molecule has 0 unspecified atom stereocenters. The molecule has 21 heavy (non-hydrogen) atoms. The molecule has 3 heterocycles. The van der Waals surface area contributed by atoms with Crippen LogP contribution >= 0.6 is 0 Å². The Balaban J connectivity index is 1.81. The largest absolute Gasteiger partial charge is 0.456 e. The molecule has 2 saturated carbocycles. The van der Waals surface area contributed by atoms with E-state index in [0.29, 0.717) is 12.2 Å². The highest BCUT2D eigenvalue weighted by molar-refractivity contribution is 5.80. The van der Waals surface area contributed by atoms with Gasteiger partial charge in [-0.3, -0.25) is 4.79 Å². The number of fused-ring (bicyclic) bond motifs is 7. The van der Waals surface area contributed by atoms with Crippen LogP contribution < -0.4 is 0 Å². The molecule has 9 atom stereocenters. The van der Waals surface area contributed by atoms with E-state index in [2.05, 4.69) is 6.58 Å². The van der Waals surface area contributed by atoms with Crippen LogP contribution in [-0.2, 0) is 19.0 Å². The number of hydrogen-bond acceptors (Lipinski definition) is 6. The Kier molecular flexibility index (Phi) is 1.83. The summed E-state index contributed by atoms with van der Waals surface area (Å²) in [4.78, 5) is 12.4. The van der Waals surface area contributed by atoms with E-state index in [1.54, 1.807) is 13.8 Å². The summed E-state index contributed by atoms with van der Waals surface area (Å²) in [6, 6.07) is 0. The Morgan fingerprint density at radius 1 is 1.38 bits per heavy atom. The van der Waals surface area contributed by atoms with Gasteiger partial charge in [-0.05, 0) is 6.92 Å². The van der Waals surface area contributed by atoms with Gasteiger partial charge in [0.1, 0.15) is 11.7 Å². The third kappa shape index (κ3) is 0.933. The summed E-state index contributed by atoms with van der Waals surface area (Å²) < 4.78 is 16.7. The number of ether oxygens (including phenoxy) is 3. The minimum Gasteiger partial charge on any atom is -0.456 e. The molecule has 5 rings (SSSR count). The lowest BCUT2D eigenvalue weighted by molar-refractivity contribution is -0.334. The molecule has 3 saturated heterocycles. The van der Waals surface area contributed by atoms with E-state index in [1.807, 2.05) is 0 Å². The first-order valence-corrected chi connectivity index (χ1v) is 7.38. The second-order valence-electron chi connectivity index (χ2n) is 7.37. The van der Waals surface area contributed by atoms with Gasteiger partial charge < -0.3 is 24.4 Å². The summed E-state index contributed by atoms with van der Waals surface area (Å²) in [5.74, 6) is -3.49. The number of rotatable bonds is 1. The van der Waals surface area contributed by atoms with E-state index < -0.39 is 46.8 Å². The number of esters is 1. The maximum atomic E-state index is 12.4. The molecule has 2 aliphatic carbocycles. The second-order valence-corrected chi connectivity index (χ2v) is 7.37. The molecule has 3 aliphatic heterocycles. The van der Waals surface area contributed by atoms with Crippen molar-refractivity contribution in [2.24, 2.45) is 23.2 Å². The van der Waals surface area contributed by atoms with E-state index in [9.17, 15) is 15.0 Å². The molecule has 0 aromatic carbocycles. The number of aliphatic hydroxyl groups is 2. The van der Waals surface area contributed by atoms with Gasteiger partial charge in [0.05, 0.1) is 24.0 Å². The van der Waals surface area contributed by atoms with Crippen LogP contribution in [0.2, 0.25) is 0 Å². The van der Waals surface area contributed by atoms with Crippen LogP contribution in [0, 0.1) is 23.2 Å². The highest BCUT2D eigenvalue weighted by atomic mass is 16.7. The molecule has 6 heteroatoms. The summed E-state index contributed by atoms with van der Waals surface area (Å²) in [7, 11) is 0. The quantitative estimate of drug-likeness (QED) is 0.388. The zero-order valence-corrected chi connectivity index (χ0v) is 11.9. The van der Waals surface area contributed by atoms with Gasteiger partial charge in [0.25, 0.3) is 0 Å². The van der Waals surface area contributed by atoms with Gasteiger partial charge >= 0.3 is 5.97 Å². The lowest BCUT2D eigenvalue weighted by Gasteiger charge is -2.55. The number of hydrogen-bond donors (Lipinski definition) is 2. The lowest BCUT2D eigenvalue weighted by Crippen LogP contribution is -2.72. The van der Waals surface area contributed by atoms with Crippen molar-refractivity contribution in [1.82, 2.24) is 0 Å². The van der Waals surface area contributed by atoms with Gasteiger partial charge in [0, 0.05) is 11.8 Å². The molecule has 0 aromatic heterocycles. The zero-order valence-electron chi connectivity index (χ0n) is 11.9. The van der Waals surface area contributed by atoms with E-state index >= 15 is 0 Å². The van der Waals surface area contributed by atoms with Crippen LogP contribution in [0.5, 0.6) is 0 Å². The van der Waals surface area contributed by atoms with Crippen molar-refractivity contribution in [3.63, 3.8) is 0 Å². The summed E-state index contributed by atoms with van der Waals surface area (Å²) >= 11 is 0. The molecule has 0 aromatic rings. The van der Waals surface area contributed by atoms with Gasteiger partial charge in [-0.15, -0.1) is 0 Å². The van der Waals surface area contributed by atoms with Crippen molar-refractivity contribution in [2.45, 2.75) is 43.5 Å². The smallest absolute Gasteiger partial charge is 0.313 e. The SMILES string of the molecule is C=C(C)[C@@H]1[C@H]2OC(=O)[C@@H]1[C@]1(O)[C@H]3O[C@H]3[C@@H]3CO[C@@]2(O)[C@@]31C. The molecule has 0 radical (unpaired) electrons. The lowest BCUT2D eigenvalue weighted by atomic mass is 9.52. The fourth-order valence-electron chi connectivity index (χ4n) is 5.68. The Morgan fingerprint density at radius 3 is 2.76 bits per heavy atom. The van der Waals surface area contributed by atoms with E-state index in [4.69, 9.17) is 14.2 Å². The summed E-state index contributed by atoms with van der Waals surface area (Å²) in [6.45, 7) is 7.82. The summed E-state index contributed by atoms with van der Waals surface area (Å²) in [6.07, 6.45) is -1.38. The van der Waals surface area contributed by atoms with Crippen LogP contribution in [0.1, 0.15) is 13.8 Å². The van der Waals surface area contributed by atoms with Gasteiger partial charge in [-0.25, -0.2) is 0 Å². The van der Waals surface area contributed by atoms with Crippen molar-refractivity contribution in [1.29, 1.82) is 0 Å². The van der Waals surface area contributed by atoms with Crippen LogP contribution in [0.25, 0.3) is 0 Å². The normalized spacial score (nSPS) is 65.8. The number of carbonyl (C=O) groups is 1. The van der Waals surface area contributed by atoms with Gasteiger partial charge in [-0.1, -0.05) is 19.1 Å². The average molecular weight is 294 g/mol. The van der Waals surface area contributed by atoms with Crippen molar-refractivity contribution in [2.75, 3.05) is 6.61 Å². The molecular formula is C15H18O6. The highest BCUT2D eigenvalue weighted by Crippen LogP contribution is 2.75. The van der Waals surface area contributed by atoms with Crippen LogP contribution in [0.4, 0.5) is 0 Å². The summed E-state index contributed by atoms with van der Waals surface area (Å²) in [5.41, 5.74) is -1.72. The highest BCUT2D eigenvalue weighted by Gasteiger charge is 2.92. The maximum Gasteiger partial charge on any atom is 0.313 e. The molecule has 114 valence electrons. The molecule has 2 bridgehead atoms. The average Bonchev–Trinajstić information content (AvgIpc) is 2.99. The Hall–Kier alpha value is -0.950. The Labute approximate surface area is 121 Å². The van der Waals surface area contributed by atoms with Crippen molar-refractivity contribution < 1.29 is 29.2 Å². The fourth-order valence-corrected chi connectivity index (χ4v) is 5.68. The minimum atomic E-state index is -1.69. The first-order valence-electron chi connectivity index (χ1n) is 7.38. The second kappa shape index (κ2) is 3.06. The van der Waals surface area contributed by atoms with Crippen LogP contribution in [0.3, 0.4) is 0 Å². The standard InChI is InChI=1S/C15H18O6/c1-5(2)7-8-12(16)21-10(7)15(18)13(3)6(4-19-15)9-11(20-9)14(8,13)17/h6-11,17-18H,1,4H2,2-3H3/t6-,7-,8+,9-,10+,11-,13-,14-,15+/m0/s1. The third-order valence-corrected chi connectivity index (χ3v) is 6.77. The monoisotopic (exact) mass is 294 g/mol. The van der Waals surface area contributed by atoms with Crippen molar-refractivity contribution in [3.05, 3.63) is 12.2 Å². The Bertz CT molecular complexity index is 603. The van der Waals surface area contributed by atoms with Crippen molar-refractivity contribution >= 4 is 5.97 Å². The predicted octanol–water partition coefficient (Wildman–Crippen LogP) is -0.413. The van der Waals surface area contributed by atoms with E-state index in [1.165, 1.54) is 0 Å². The first-order chi connectivity index (χ1) is 9.78. The molecule has 2 N–H and O–H groups in total. The third-order valence-electron chi connectivity index (χ3n) is 6.77. The Morgan fingerprint density at radius 2 is 2.10 bits per heavy atom. The topological polar surface area (TPSA) is 88.5 Å². The molecule has 0 spiro atoms. The zero-order chi connectivity index (χ0) is 14.9. The molecular weight excluding hydrogens is 276 g/mol. The number of carbonyl (C=O) groups excluding carboxylic acids is 1. The van der Waals surface area contributed by atoms with Gasteiger partial charge in [0.2, 0.25) is 5.79 Å². The van der Waals surface area contributed by atoms with Gasteiger partial charge in [0.15, 0.2) is 6.10 Å².